The van der Waals surface area contributed by atoms with Crippen molar-refractivity contribution in [2.24, 2.45) is 10.7 Å². The summed E-state index contributed by atoms with van der Waals surface area (Å²) >= 11 is 1.58. The molecule has 1 heterocycles. The molecule has 3 N–H and O–H groups in total. The lowest BCUT2D eigenvalue weighted by atomic mass is 10.5. The molecule has 13 heavy (non-hydrogen) atoms. The summed E-state index contributed by atoms with van der Waals surface area (Å²) in [6.07, 6.45) is 2.43. The molecule has 0 saturated heterocycles. The summed E-state index contributed by atoms with van der Waals surface area (Å²) in [4.78, 5) is 8.29. The van der Waals surface area contributed by atoms with Gasteiger partial charge in [-0.15, -0.1) is 11.3 Å². The van der Waals surface area contributed by atoms with Crippen molar-refractivity contribution in [1.29, 1.82) is 0 Å². The standard InChI is InChI=1S/C8H12N4S/c9-8(12-6-1-2-6)10-3-7-4-13-5-11-7/h4-6H,1-3H2,(H3,9,10,12). The number of aromatic nitrogens is 1. The number of hydrogen-bond acceptors (Lipinski definition) is 3. The quantitative estimate of drug-likeness (QED) is 0.553. The molecule has 1 aromatic heterocycles. The van der Waals surface area contributed by atoms with Crippen LogP contribution in [0.25, 0.3) is 0 Å². The van der Waals surface area contributed by atoms with Crippen LogP contribution in [0.2, 0.25) is 0 Å². The number of thiazole rings is 1. The lowest BCUT2D eigenvalue weighted by molar-refractivity contribution is 0.874. The average Bonchev–Trinajstić information content (AvgIpc) is 2.78. The summed E-state index contributed by atoms with van der Waals surface area (Å²) in [5, 5.41) is 5.10. The zero-order valence-electron chi connectivity index (χ0n) is 7.23. The minimum absolute atomic E-state index is 0.538. The zero-order valence-corrected chi connectivity index (χ0v) is 8.05. The third-order valence-corrected chi connectivity index (χ3v) is 2.46. The molecule has 1 saturated carbocycles. The van der Waals surface area contributed by atoms with Crippen molar-refractivity contribution in [1.82, 2.24) is 10.3 Å². The predicted molar refractivity (Wildman–Crippen MR) is 53.6 cm³/mol. The fraction of sp³-hybridized carbons (Fsp3) is 0.500. The number of rotatable bonds is 3. The normalized spacial score (nSPS) is 17.4. The highest BCUT2D eigenvalue weighted by Gasteiger charge is 2.21. The second-order valence-electron chi connectivity index (χ2n) is 3.10. The van der Waals surface area contributed by atoms with E-state index < -0.39 is 0 Å². The van der Waals surface area contributed by atoms with Gasteiger partial charge in [0.15, 0.2) is 5.96 Å². The molecule has 70 valence electrons. The van der Waals surface area contributed by atoms with E-state index in [0.29, 0.717) is 18.5 Å². The summed E-state index contributed by atoms with van der Waals surface area (Å²) in [5.74, 6) is 0.538. The van der Waals surface area contributed by atoms with Crippen molar-refractivity contribution < 1.29 is 0 Å². The monoisotopic (exact) mass is 196 g/mol. The van der Waals surface area contributed by atoms with Crippen molar-refractivity contribution in [3.05, 3.63) is 16.6 Å². The van der Waals surface area contributed by atoms with Crippen LogP contribution in [0.5, 0.6) is 0 Å². The Balaban J connectivity index is 1.81. The van der Waals surface area contributed by atoms with E-state index in [-0.39, 0.29) is 0 Å². The predicted octanol–water partition coefficient (Wildman–Crippen LogP) is 0.710. The molecule has 0 amide bonds. The Morgan fingerprint density at radius 3 is 3.23 bits per heavy atom. The van der Waals surface area contributed by atoms with Gasteiger partial charge >= 0.3 is 0 Å². The van der Waals surface area contributed by atoms with E-state index in [1.807, 2.05) is 5.38 Å². The van der Waals surface area contributed by atoms with Crippen LogP contribution in [0.15, 0.2) is 15.9 Å². The van der Waals surface area contributed by atoms with Crippen LogP contribution < -0.4 is 11.1 Å². The van der Waals surface area contributed by atoms with E-state index in [1.165, 1.54) is 12.8 Å². The number of guanidine groups is 1. The highest BCUT2D eigenvalue weighted by atomic mass is 32.1. The van der Waals surface area contributed by atoms with E-state index >= 15 is 0 Å². The molecule has 5 heteroatoms. The van der Waals surface area contributed by atoms with Gasteiger partial charge in [0.1, 0.15) is 0 Å². The Hall–Kier alpha value is -1.10. The van der Waals surface area contributed by atoms with Gasteiger partial charge in [0.2, 0.25) is 0 Å². The molecule has 0 unspecified atom stereocenters. The molecule has 2 rings (SSSR count). The number of nitrogens with one attached hydrogen (secondary N) is 1. The Morgan fingerprint density at radius 2 is 2.62 bits per heavy atom. The lowest BCUT2D eigenvalue weighted by Gasteiger charge is -2.01. The van der Waals surface area contributed by atoms with Gasteiger partial charge in [-0.1, -0.05) is 0 Å². The fourth-order valence-corrected chi connectivity index (χ4v) is 1.51. The minimum Gasteiger partial charge on any atom is -0.370 e. The molecule has 1 aliphatic carbocycles. The third kappa shape index (κ3) is 2.69. The number of aliphatic imine (C=N–C) groups is 1. The van der Waals surface area contributed by atoms with E-state index in [2.05, 4.69) is 15.3 Å². The lowest BCUT2D eigenvalue weighted by Crippen LogP contribution is -2.33. The van der Waals surface area contributed by atoms with Crippen LogP contribution in [-0.2, 0) is 6.54 Å². The summed E-state index contributed by atoms with van der Waals surface area (Å²) in [6.45, 7) is 0.578. The van der Waals surface area contributed by atoms with Gasteiger partial charge in [0.25, 0.3) is 0 Å². The van der Waals surface area contributed by atoms with Gasteiger partial charge in [-0.05, 0) is 12.8 Å². The maximum atomic E-state index is 5.65. The van der Waals surface area contributed by atoms with E-state index in [0.717, 1.165) is 5.69 Å². The molecule has 1 aromatic rings. The van der Waals surface area contributed by atoms with Gasteiger partial charge in [-0.3, -0.25) is 0 Å². The average molecular weight is 196 g/mol. The van der Waals surface area contributed by atoms with Crippen LogP contribution in [0.4, 0.5) is 0 Å². The molecular weight excluding hydrogens is 184 g/mol. The van der Waals surface area contributed by atoms with Gasteiger partial charge < -0.3 is 11.1 Å². The Labute approximate surface area is 80.9 Å². The van der Waals surface area contributed by atoms with E-state index in [9.17, 15) is 0 Å². The highest BCUT2D eigenvalue weighted by Crippen LogP contribution is 2.18. The summed E-state index contributed by atoms with van der Waals surface area (Å²) < 4.78 is 0. The summed E-state index contributed by atoms with van der Waals surface area (Å²) in [7, 11) is 0. The first kappa shape index (κ1) is 8.50. The molecule has 0 radical (unpaired) electrons. The molecule has 0 atom stereocenters. The van der Waals surface area contributed by atoms with Gasteiger partial charge in [0, 0.05) is 11.4 Å². The Kier molecular flexibility index (Phi) is 2.44. The largest absolute Gasteiger partial charge is 0.370 e. The molecule has 1 fully saturated rings. The maximum Gasteiger partial charge on any atom is 0.189 e. The van der Waals surface area contributed by atoms with Crippen molar-refractivity contribution >= 4 is 17.3 Å². The highest BCUT2D eigenvalue weighted by molar-refractivity contribution is 7.07. The third-order valence-electron chi connectivity index (χ3n) is 1.82. The van der Waals surface area contributed by atoms with Gasteiger partial charge in [0.05, 0.1) is 17.7 Å². The van der Waals surface area contributed by atoms with Crippen LogP contribution >= 0.6 is 11.3 Å². The first-order valence-corrected chi connectivity index (χ1v) is 5.22. The van der Waals surface area contributed by atoms with Crippen LogP contribution in [0.3, 0.4) is 0 Å². The molecule has 0 aliphatic heterocycles. The first-order valence-electron chi connectivity index (χ1n) is 4.28. The number of hydrogen-bond donors (Lipinski definition) is 2. The molecular formula is C8H12N4S. The van der Waals surface area contributed by atoms with Gasteiger partial charge in [-0.25, -0.2) is 9.98 Å². The van der Waals surface area contributed by atoms with Crippen LogP contribution in [-0.4, -0.2) is 17.0 Å². The number of nitrogens with two attached hydrogens (primary N) is 1. The van der Waals surface area contributed by atoms with Crippen molar-refractivity contribution in [2.75, 3.05) is 0 Å². The second kappa shape index (κ2) is 3.74. The summed E-state index contributed by atoms with van der Waals surface area (Å²) in [6, 6.07) is 0.569. The SMILES string of the molecule is NC(=NCc1cscn1)NC1CC1. The second-order valence-corrected chi connectivity index (χ2v) is 3.82. The minimum atomic E-state index is 0.538. The first-order chi connectivity index (χ1) is 6.34. The van der Waals surface area contributed by atoms with E-state index in [4.69, 9.17) is 5.73 Å². The van der Waals surface area contributed by atoms with Crippen molar-refractivity contribution in [3.8, 4) is 0 Å². The van der Waals surface area contributed by atoms with Crippen LogP contribution in [0, 0.1) is 0 Å². The van der Waals surface area contributed by atoms with E-state index in [1.54, 1.807) is 16.8 Å². The number of nitrogens with zero attached hydrogens (tertiary/aromatic N) is 2. The molecule has 0 bridgehead atoms. The van der Waals surface area contributed by atoms with Crippen LogP contribution in [0.1, 0.15) is 18.5 Å². The maximum absolute atomic E-state index is 5.65. The molecule has 4 nitrogen and oxygen atoms in total. The Morgan fingerprint density at radius 1 is 1.77 bits per heavy atom. The summed E-state index contributed by atoms with van der Waals surface area (Å²) in [5.41, 5.74) is 8.42. The van der Waals surface area contributed by atoms with Gasteiger partial charge in [-0.2, -0.15) is 0 Å². The topological polar surface area (TPSA) is 63.3 Å². The molecule has 0 spiro atoms. The smallest absolute Gasteiger partial charge is 0.189 e. The molecule has 1 aliphatic rings. The zero-order chi connectivity index (χ0) is 9.10. The Bertz CT molecular complexity index is 289. The fourth-order valence-electron chi connectivity index (χ4n) is 0.964. The molecule has 0 aromatic carbocycles. The van der Waals surface area contributed by atoms with Crippen molar-refractivity contribution in [2.45, 2.75) is 25.4 Å². The van der Waals surface area contributed by atoms with Crippen molar-refractivity contribution in [3.63, 3.8) is 0 Å².